The molecule has 2 N–H and O–H groups in total. The molecule has 1 rings (SSSR count). The number of ether oxygens (including phenoxy) is 1. The third kappa shape index (κ3) is 1.81. The lowest BCUT2D eigenvalue weighted by molar-refractivity contribution is 0.267. The van der Waals surface area contributed by atoms with Crippen molar-refractivity contribution in [3.63, 3.8) is 0 Å². The molecular formula is C10H17NO. The molecule has 0 saturated heterocycles. The number of allylic oxidation sites excluding steroid dienone is 3. The highest BCUT2D eigenvalue weighted by Gasteiger charge is 2.22. The summed E-state index contributed by atoms with van der Waals surface area (Å²) in [6, 6.07) is 0. The maximum atomic E-state index is 5.72. The maximum Gasteiger partial charge on any atom is 0.187 e. The van der Waals surface area contributed by atoms with Crippen LogP contribution in [0.2, 0.25) is 0 Å². The van der Waals surface area contributed by atoms with Gasteiger partial charge in [0.1, 0.15) is 0 Å². The summed E-state index contributed by atoms with van der Waals surface area (Å²) in [5.41, 5.74) is 6.89. The number of nitrogens with two attached hydrogens (primary N) is 1. The van der Waals surface area contributed by atoms with Gasteiger partial charge in [-0.05, 0) is 25.7 Å². The van der Waals surface area contributed by atoms with E-state index in [9.17, 15) is 0 Å². The van der Waals surface area contributed by atoms with Gasteiger partial charge in [-0.15, -0.1) is 0 Å². The molecule has 2 heteroatoms. The first kappa shape index (κ1) is 9.17. The Morgan fingerprint density at radius 3 is 2.50 bits per heavy atom. The number of rotatable bonds is 3. The van der Waals surface area contributed by atoms with Gasteiger partial charge in [-0.3, -0.25) is 0 Å². The molecule has 0 bridgehead atoms. The third-order valence-corrected chi connectivity index (χ3v) is 2.40. The second-order valence-electron chi connectivity index (χ2n) is 3.15. The number of hydrogen-bond acceptors (Lipinski definition) is 2. The third-order valence-electron chi connectivity index (χ3n) is 2.40. The monoisotopic (exact) mass is 167 g/mol. The van der Waals surface area contributed by atoms with Crippen molar-refractivity contribution in [3.8, 4) is 0 Å². The summed E-state index contributed by atoms with van der Waals surface area (Å²) in [5, 5.41) is 0. The van der Waals surface area contributed by atoms with Gasteiger partial charge in [0.25, 0.3) is 0 Å². The molecule has 1 aliphatic carbocycles. The largest absolute Gasteiger partial charge is 0.482 e. The van der Waals surface area contributed by atoms with E-state index in [4.69, 9.17) is 10.5 Å². The highest BCUT2D eigenvalue weighted by Crippen LogP contribution is 2.34. The first-order valence-corrected chi connectivity index (χ1v) is 4.46. The average molecular weight is 167 g/mol. The summed E-state index contributed by atoms with van der Waals surface area (Å²) in [6.45, 7) is 2.00. The fraction of sp³-hybridized carbons (Fsp3) is 0.600. The second kappa shape index (κ2) is 4.19. The fourth-order valence-electron chi connectivity index (χ4n) is 1.44. The van der Waals surface area contributed by atoms with E-state index in [1.54, 1.807) is 7.11 Å². The molecule has 1 aliphatic rings. The van der Waals surface area contributed by atoms with Gasteiger partial charge >= 0.3 is 0 Å². The topological polar surface area (TPSA) is 35.2 Å². The molecule has 0 aliphatic heterocycles. The first-order chi connectivity index (χ1) is 5.79. The molecule has 68 valence electrons. The standard InChI is InChI=1S/C10H17NO/c1-3-5-9(10(11)12-2)8-6-4-7-8/h3,5,8H,4,6-7,11H2,1-2H3/b5-3-,10-9+. The summed E-state index contributed by atoms with van der Waals surface area (Å²) >= 11 is 0. The van der Waals surface area contributed by atoms with Crippen LogP contribution in [0, 0.1) is 5.92 Å². The summed E-state index contributed by atoms with van der Waals surface area (Å²) in [7, 11) is 1.62. The molecule has 0 unspecified atom stereocenters. The van der Waals surface area contributed by atoms with Crippen LogP contribution in [-0.2, 0) is 4.74 Å². The van der Waals surface area contributed by atoms with E-state index in [1.807, 2.05) is 13.0 Å². The van der Waals surface area contributed by atoms with Crippen LogP contribution in [0.3, 0.4) is 0 Å². The zero-order valence-corrected chi connectivity index (χ0v) is 7.84. The van der Waals surface area contributed by atoms with Crippen molar-refractivity contribution in [2.45, 2.75) is 26.2 Å². The van der Waals surface area contributed by atoms with Gasteiger partial charge in [0.05, 0.1) is 7.11 Å². The van der Waals surface area contributed by atoms with Crippen molar-refractivity contribution in [1.29, 1.82) is 0 Å². The lowest BCUT2D eigenvalue weighted by Gasteiger charge is -2.27. The lowest BCUT2D eigenvalue weighted by Crippen LogP contribution is -2.17. The summed E-state index contributed by atoms with van der Waals surface area (Å²) < 4.78 is 5.03. The zero-order valence-electron chi connectivity index (χ0n) is 7.84. The zero-order chi connectivity index (χ0) is 8.97. The fourth-order valence-corrected chi connectivity index (χ4v) is 1.44. The highest BCUT2D eigenvalue weighted by atomic mass is 16.5. The smallest absolute Gasteiger partial charge is 0.187 e. The van der Waals surface area contributed by atoms with Crippen molar-refractivity contribution < 1.29 is 4.74 Å². The minimum absolute atomic E-state index is 0.581. The maximum absolute atomic E-state index is 5.72. The van der Waals surface area contributed by atoms with E-state index in [1.165, 1.54) is 24.8 Å². The van der Waals surface area contributed by atoms with E-state index in [2.05, 4.69) is 6.08 Å². The van der Waals surface area contributed by atoms with Gasteiger partial charge in [0.2, 0.25) is 0 Å². The molecule has 0 radical (unpaired) electrons. The summed E-state index contributed by atoms with van der Waals surface area (Å²) in [4.78, 5) is 0. The van der Waals surface area contributed by atoms with Crippen molar-refractivity contribution in [2.75, 3.05) is 7.11 Å². The molecule has 0 heterocycles. The predicted octanol–water partition coefficient (Wildman–Crippen LogP) is 2.18. The molecule has 0 spiro atoms. The van der Waals surface area contributed by atoms with Crippen LogP contribution < -0.4 is 5.73 Å². The van der Waals surface area contributed by atoms with E-state index < -0.39 is 0 Å². The van der Waals surface area contributed by atoms with Gasteiger partial charge in [0, 0.05) is 5.57 Å². The van der Waals surface area contributed by atoms with Crippen LogP contribution in [0.25, 0.3) is 0 Å². The van der Waals surface area contributed by atoms with Gasteiger partial charge in [0.15, 0.2) is 5.88 Å². The Bertz CT molecular complexity index is 202. The van der Waals surface area contributed by atoms with Crippen LogP contribution in [-0.4, -0.2) is 7.11 Å². The van der Waals surface area contributed by atoms with Crippen molar-refractivity contribution in [3.05, 3.63) is 23.6 Å². The predicted molar refractivity (Wildman–Crippen MR) is 50.4 cm³/mol. The molecule has 12 heavy (non-hydrogen) atoms. The van der Waals surface area contributed by atoms with E-state index in [0.717, 1.165) is 0 Å². The minimum Gasteiger partial charge on any atom is -0.482 e. The molecule has 1 saturated carbocycles. The minimum atomic E-state index is 0.581. The Morgan fingerprint density at radius 1 is 1.50 bits per heavy atom. The Balaban J connectivity index is 2.72. The Hall–Kier alpha value is -0.920. The lowest BCUT2D eigenvalue weighted by atomic mass is 9.79. The first-order valence-electron chi connectivity index (χ1n) is 4.46. The van der Waals surface area contributed by atoms with Crippen LogP contribution in [0.5, 0.6) is 0 Å². The van der Waals surface area contributed by atoms with Crippen molar-refractivity contribution in [1.82, 2.24) is 0 Å². The molecule has 0 amide bonds. The van der Waals surface area contributed by atoms with Crippen LogP contribution >= 0.6 is 0 Å². The highest BCUT2D eigenvalue weighted by molar-refractivity contribution is 5.25. The summed E-state index contributed by atoms with van der Waals surface area (Å²) in [6.07, 6.45) is 7.90. The van der Waals surface area contributed by atoms with Crippen LogP contribution in [0.4, 0.5) is 0 Å². The molecular weight excluding hydrogens is 150 g/mol. The Morgan fingerprint density at radius 2 is 2.17 bits per heavy atom. The van der Waals surface area contributed by atoms with E-state index in [0.29, 0.717) is 11.8 Å². The molecule has 1 fully saturated rings. The molecule has 0 atom stereocenters. The van der Waals surface area contributed by atoms with Crippen LogP contribution in [0.1, 0.15) is 26.2 Å². The normalized spacial score (nSPS) is 20.5. The van der Waals surface area contributed by atoms with Crippen LogP contribution in [0.15, 0.2) is 23.6 Å². The molecule has 0 aromatic rings. The molecule has 0 aromatic carbocycles. The Kier molecular flexibility index (Phi) is 3.20. The number of methoxy groups -OCH3 is 1. The quantitative estimate of drug-likeness (QED) is 0.516. The van der Waals surface area contributed by atoms with Crippen molar-refractivity contribution >= 4 is 0 Å². The second-order valence-corrected chi connectivity index (χ2v) is 3.15. The molecule has 0 aromatic heterocycles. The SMILES string of the molecule is C/C=C\C(=C(\N)OC)C1CCC1. The molecule has 2 nitrogen and oxygen atoms in total. The van der Waals surface area contributed by atoms with Crippen molar-refractivity contribution in [2.24, 2.45) is 11.7 Å². The van der Waals surface area contributed by atoms with E-state index in [-0.39, 0.29) is 0 Å². The van der Waals surface area contributed by atoms with Gasteiger partial charge < -0.3 is 10.5 Å². The van der Waals surface area contributed by atoms with Gasteiger partial charge in [-0.1, -0.05) is 18.6 Å². The van der Waals surface area contributed by atoms with Gasteiger partial charge in [-0.25, -0.2) is 0 Å². The summed E-state index contributed by atoms with van der Waals surface area (Å²) in [5.74, 6) is 1.22. The van der Waals surface area contributed by atoms with E-state index >= 15 is 0 Å². The number of hydrogen-bond donors (Lipinski definition) is 1. The average Bonchev–Trinajstić information content (AvgIpc) is 1.99. The Labute approximate surface area is 74.1 Å². The van der Waals surface area contributed by atoms with Gasteiger partial charge in [-0.2, -0.15) is 0 Å².